The number of hydrogen-bond donors (Lipinski definition) is 1. The van der Waals surface area contributed by atoms with Gasteiger partial charge in [-0.25, -0.2) is 8.42 Å². The molecule has 2 aromatic rings. The lowest BCUT2D eigenvalue weighted by Gasteiger charge is -2.26. The highest BCUT2D eigenvalue weighted by atomic mass is 35.5. The van der Waals surface area contributed by atoms with Crippen molar-refractivity contribution >= 4 is 33.2 Å². The average Bonchev–Trinajstić information content (AvgIpc) is 2.66. The number of sulfonamides is 1. The molecule has 0 unspecified atom stereocenters. The van der Waals surface area contributed by atoms with Crippen LogP contribution in [0.5, 0.6) is 0 Å². The minimum atomic E-state index is -3.53. The summed E-state index contributed by atoms with van der Waals surface area (Å²) in [7, 11) is -3.53. The van der Waals surface area contributed by atoms with Crippen molar-refractivity contribution in [3.8, 4) is 0 Å². The van der Waals surface area contributed by atoms with E-state index in [1.165, 1.54) is 4.31 Å². The molecule has 0 aromatic heterocycles. The number of nitrogens with one attached hydrogen (secondary N) is 1. The molecule has 2 aromatic carbocycles. The number of piperidine rings is 1. The summed E-state index contributed by atoms with van der Waals surface area (Å²) < 4.78 is 27.2. The van der Waals surface area contributed by atoms with Crippen molar-refractivity contribution in [2.45, 2.75) is 37.5 Å². The van der Waals surface area contributed by atoms with E-state index in [0.29, 0.717) is 23.8 Å². The Kier molecular flexibility index (Phi) is 6.19. The Balaban J connectivity index is 1.76. The van der Waals surface area contributed by atoms with Crippen LogP contribution in [-0.2, 0) is 21.2 Å². The Morgan fingerprint density at radius 3 is 2.41 bits per heavy atom. The fourth-order valence-electron chi connectivity index (χ4n) is 3.13. The molecule has 0 spiro atoms. The highest BCUT2D eigenvalue weighted by Crippen LogP contribution is 2.25. The molecule has 1 aliphatic heterocycles. The highest BCUT2D eigenvalue weighted by Gasteiger charge is 2.26. The zero-order chi connectivity index (χ0) is 19.4. The van der Waals surface area contributed by atoms with Gasteiger partial charge in [0.15, 0.2) is 0 Å². The molecule has 1 fully saturated rings. The molecule has 5 nitrogen and oxygen atoms in total. The van der Waals surface area contributed by atoms with E-state index < -0.39 is 10.0 Å². The SMILES string of the molecule is Cc1ccc(S(=O)(=O)N2CCCCC2)cc1NC(=O)Cc1ccc(Cl)cc1. The van der Waals surface area contributed by atoms with Gasteiger partial charge in [-0.05, 0) is 55.2 Å². The minimum absolute atomic E-state index is 0.194. The van der Waals surface area contributed by atoms with Crippen LogP contribution in [0.15, 0.2) is 47.4 Å². The molecule has 0 radical (unpaired) electrons. The Bertz CT molecular complexity index is 921. The number of carbonyl (C=O) groups is 1. The molecule has 0 saturated carbocycles. The van der Waals surface area contributed by atoms with Crippen molar-refractivity contribution < 1.29 is 13.2 Å². The molecule has 0 atom stereocenters. The zero-order valence-corrected chi connectivity index (χ0v) is 16.8. The molecular weight excluding hydrogens is 384 g/mol. The number of benzene rings is 2. The third kappa shape index (κ3) is 4.89. The van der Waals surface area contributed by atoms with E-state index in [-0.39, 0.29) is 17.2 Å². The maximum absolute atomic E-state index is 12.9. The number of halogens is 1. The molecule has 1 saturated heterocycles. The van der Waals surface area contributed by atoms with Crippen LogP contribution in [0.25, 0.3) is 0 Å². The quantitative estimate of drug-likeness (QED) is 0.815. The number of anilines is 1. The molecule has 7 heteroatoms. The first kappa shape index (κ1) is 19.9. The van der Waals surface area contributed by atoms with Gasteiger partial charge in [0.1, 0.15) is 0 Å². The summed E-state index contributed by atoms with van der Waals surface area (Å²) in [5.74, 6) is -0.201. The van der Waals surface area contributed by atoms with Crippen LogP contribution in [-0.4, -0.2) is 31.7 Å². The molecule has 0 bridgehead atoms. The van der Waals surface area contributed by atoms with Crippen LogP contribution in [0, 0.1) is 6.92 Å². The topological polar surface area (TPSA) is 66.5 Å². The Hall–Kier alpha value is -1.89. The third-order valence-corrected chi connectivity index (χ3v) is 6.86. The van der Waals surface area contributed by atoms with Crippen LogP contribution in [0.3, 0.4) is 0 Å². The second-order valence-corrected chi connectivity index (χ2v) is 9.17. The Morgan fingerprint density at radius 2 is 1.74 bits per heavy atom. The highest BCUT2D eigenvalue weighted by molar-refractivity contribution is 7.89. The van der Waals surface area contributed by atoms with Crippen molar-refractivity contribution in [2.75, 3.05) is 18.4 Å². The molecule has 144 valence electrons. The summed E-state index contributed by atoms with van der Waals surface area (Å²) in [6.07, 6.45) is 3.02. The van der Waals surface area contributed by atoms with Gasteiger partial charge in [0.05, 0.1) is 11.3 Å². The predicted octanol–water partition coefficient (Wildman–Crippen LogP) is 4.00. The number of nitrogens with zero attached hydrogens (tertiary/aromatic N) is 1. The molecule has 1 N–H and O–H groups in total. The van der Waals surface area contributed by atoms with Gasteiger partial charge in [-0.3, -0.25) is 4.79 Å². The minimum Gasteiger partial charge on any atom is -0.326 e. The predicted molar refractivity (Wildman–Crippen MR) is 108 cm³/mol. The van der Waals surface area contributed by atoms with Gasteiger partial charge in [-0.1, -0.05) is 36.2 Å². The first-order valence-electron chi connectivity index (χ1n) is 9.01. The normalized spacial score (nSPS) is 15.5. The summed E-state index contributed by atoms with van der Waals surface area (Å²) in [6, 6.07) is 12.0. The standard InChI is InChI=1S/C20H23ClN2O3S/c1-15-5-10-18(27(25,26)23-11-3-2-4-12-23)14-19(15)22-20(24)13-16-6-8-17(21)9-7-16/h5-10,14H,2-4,11-13H2,1H3,(H,22,24). The number of amides is 1. The summed E-state index contributed by atoms with van der Waals surface area (Å²) in [5, 5.41) is 3.45. The van der Waals surface area contributed by atoms with E-state index >= 15 is 0 Å². The fraction of sp³-hybridized carbons (Fsp3) is 0.350. The maximum Gasteiger partial charge on any atom is 0.243 e. The monoisotopic (exact) mass is 406 g/mol. The van der Waals surface area contributed by atoms with Crippen molar-refractivity contribution in [3.63, 3.8) is 0 Å². The lowest BCUT2D eigenvalue weighted by Crippen LogP contribution is -2.35. The van der Waals surface area contributed by atoms with Crippen LogP contribution in [0.4, 0.5) is 5.69 Å². The number of rotatable bonds is 5. The number of carbonyl (C=O) groups excluding carboxylic acids is 1. The number of aryl methyl sites for hydroxylation is 1. The van der Waals surface area contributed by atoms with Gasteiger partial charge >= 0.3 is 0 Å². The molecule has 1 aliphatic rings. The summed E-state index contributed by atoms with van der Waals surface area (Å²) in [5.41, 5.74) is 2.18. The van der Waals surface area contributed by atoms with Gasteiger partial charge < -0.3 is 5.32 Å². The smallest absolute Gasteiger partial charge is 0.243 e. The third-order valence-electron chi connectivity index (χ3n) is 4.71. The van der Waals surface area contributed by atoms with Crippen molar-refractivity contribution in [2.24, 2.45) is 0 Å². The van der Waals surface area contributed by atoms with E-state index in [0.717, 1.165) is 30.4 Å². The lowest BCUT2D eigenvalue weighted by molar-refractivity contribution is -0.115. The largest absolute Gasteiger partial charge is 0.326 e. The molecule has 27 heavy (non-hydrogen) atoms. The second-order valence-electron chi connectivity index (χ2n) is 6.79. The van der Waals surface area contributed by atoms with E-state index in [2.05, 4.69) is 5.32 Å². The average molecular weight is 407 g/mol. The van der Waals surface area contributed by atoms with Crippen molar-refractivity contribution in [1.29, 1.82) is 0 Å². The van der Waals surface area contributed by atoms with Crippen LogP contribution in [0.1, 0.15) is 30.4 Å². The summed E-state index contributed by atoms with van der Waals surface area (Å²) in [6.45, 7) is 2.94. The maximum atomic E-state index is 12.9. The van der Waals surface area contributed by atoms with E-state index in [4.69, 9.17) is 11.6 Å². The van der Waals surface area contributed by atoms with Gasteiger partial charge in [0, 0.05) is 23.8 Å². The molecule has 1 heterocycles. The van der Waals surface area contributed by atoms with Gasteiger partial charge in [-0.2, -0.15) is 4.31 Å². The number of hydrogen-bond acceptors (Lipinski definition) is 3. The van der Waals surface area contributed by atoms with E-state index in [1.54, 1.807) is 42.5 Å². The molecule has 3 rings (SSSR count). The Labute approximate surface area is 165 Å². The van der Waals surface area contributed by atoms with E-state index in [9.17, 15) is 13.2 Å². The fourth-order valence-corrected chi connectivity index (χ4v) is 4.80. The second kappa shape index (κ2) is 8.42. The zero-order valence-electron chi connectivity index (χ0n) is 15.2. The van der Waals surface area contributed by atoms with Crippen LogP contribution < -0.4 is 5.32 Å². The molecular formula is C20H23ClN2O3S. The first-order chi connectivity index (χ1) is 12.9. The summed E-state index contributed by atoms with van der Waals surface area (Å²) in [4.78, 5) is 12.6. The lowest BCUT2D eigenvalue weighted by atomic mass is 10.1. The molecule has 0 aliphatic carbocycles. The van der Waals surface area contributed by atoms with Crippen molar-refractivity contribution in [1.82, 2.24) is 4.31 Å². The van der Waals surface area contributed by atoms with Gasteiger partial charge in [0.2, 0.25) is 15.9 Å². The van der Waals surface area contributed by atoms with E-state index in [1.807, 2.05) is 6.92 Å². The summed E-state index contributed by atoms with van der Waals surface area (Å²) >= 11 is 5.86. The molecule has 1 amide bonds. The Morgan fingerprint density at radius 1 is 1.07 bits per heavy atom. The van der Waals surface area contributed by atoms with Gasteiger partial charge in [-0.15, -0.1) is 0 Å². The van der Waals surface area contributed by atoms with Crippen LogP contribution in [0.2, 0.25) is 5.02 Å². The van der Waals surface area contributed by atoms with Gasteiger partial charge in [0.25, 0.3) is 0 Å². The van der Waals surface area contributed by atoms with Crippen LogP contribution >= 0.6 is 11.6 Å². The van der Waals surface area contributed by atoms with Crippen molar-refractivity contribution in [3.05, 3.63) is 58.6 Å². The first-order valence-corrected chi connectivity index (χ1v) is 10.8.